The predicted molar refractivity (Wildman–Crippen MR) is 98.0 cm³/mol. The van der Waals surface area contributed by atoms with E-state index in [1.54, 1.807) is 6.92 Å². The van der Waals surface area contributed by atoms with Crippen LogP contribution in [0.15, 0.2) is 27.5 Å². The van der Waals surface area contributed by atoms with E-state index in [4.69, 9.17) is 9.15 Å². The zero-order valence-electron chi connectivity index (χ0n) is 16.4. The van der Waals surface area contributed by atoms with Crippen molar-refractivity contribution in [2.24, 2.45) is 0 Å². The first-order valence-corrected chi connectivity index (χ1v) is 10.9. The van der Waals surface area contributed by atoms with E-state index in [1.807, 2.05) is 0 Å². The highest BCUT2D eigenvalue weighted by Gasteiger charge is 2.39. The molecule has 0 aliphatic carbocycles. The minimum atomic E-state index is -4.65. The van der Waals surface area contributed by atoms with Gasteiger partial charge < -0.3 is 14.1 Å². The van der Waals surface area contributed by atoms with Crippen LogP contribution in [0.2, 0.25) is 0 Å². The fraction of sp³-hybridized carbons (Fsp3) is 0.500. The number of hydrogen-bond acceptors (Lipinski definition) is 7. The van der Waals surface area contributed by atoms with Crippen molar-refractivity contribution in [1.82, 2.24) is 15.1 Å². The van der Waals surface area contributed by atoms with Crippen LogP contribution in [-0.2, 0) is 9.84 Å². The molecule has 1 saturated heterocycles. The molecule has 2 atom stereocenters. The Morgan fingerprint density at radius 2 is 2.03 bits per heavy atom. The van der Waals surface area contributed by atoms with Gasteiger partial charge in [0.05, 0.1) is 16.4 Å². The molecule has 1 aliphatic rings. The lowest BCUT2D eigenvalue weighted by atomic mass is 10.1. The fourth-order valence-corrected chi connectivity index (χ4v) is 3.71. The van der Waals surface area contributed by atoms with Crippen LogP contribution >= 0.6 is 0 Å². The molecule has 0 N–H and O–H groups in total. The SMILES string of the molecule is Cc1nnc(C2CCN(C(=O)c3cc(S(C)(=O)=O)ccc3O[C@@H](C)C(F)(F)F)C2)o1. The van der Waals surface area contributed by atoms with Crippen molar-refractivity contribution in [3.05, 3.63) is 35.5 Å². The molecule has 1 amide bonds. The third-order valence-electron chi connectivity index (χ3n) is 4.74. The maximum atomic E-state index is 13.1. The van der Waals surface area contributed by atoms with Crippen LogP contribution in [0.3, 0.4) is 0 Å². The van der Waals surface area contributed by atoms with Crippen LogP contribution in [0, 0.1) is 6.92 Å². The van der Waals surface area contributed by atoms with Crippen molar-refractivity contribution in [3.8, 4) is 5.75 Å². The molecule has 1 fully saturated rings. The van der Waals surface area contributed by atoms with E-state index in [0.717, 1.165) is 31.4 Å². The van der Waals surface area contributed by atoms with Crippen LogP contribution in [0.25, 0.3) is 0 Å². The smallest absolute Gasteiger partial charge is 0.425 e. The zero-order chi connectivity index (χ0) is 22.3. The monoisotopic (exact) mass is 447 g/mol. The fourth-order valence-electron chi connectivity index (χ4n) is 3.06. The number of aromatic nitrogens is 2. The third kappa shape index (κ3) is 4.74. The van der Waals surface area contributed by atoms with Gasteiger partial charge in [-0.3, -0.25) is 4.79 Å². The molecule has 2 aromatic rings. The number of carbonyl (C=O) groups is 1. The number of nitrogens with zero attached hydrogens (tertiary/aromatic N) is 3. The molecule has 0 spiro atoms. The number of likely N-dealkylation sites (tertiary alicyclic amines) is 1. The number of carbonyl (C=O) groups excluding carboxylic acids is 1. The largest absolute Gasteiger partial charge is 0.480 e. The molecule has 1 unspecified atom stereocenters. The maximum absolute atomic E-state index is 13.1. The number of amides is 1. The van der Waals surface area contributed by atoms with Gasteiger partial charge in [0.15, 0.2) is 15.9 Å². The Balaban J connectivity index is 1.90. The number of halogens is 3. The number of rotatable bonds is 5. The predicted octanol–water partition coefficient (Wildman–Crippen LogP) is 2.74. The number of alkyl halides is 3. The highest BCUT2D eigenvalue weighted by molar-refractivity contribution is 7.90. The van der Waals surface area contributed by atoms with Gasteiger partial charge in [0.2, 0.25) is 11.8 Å². The van der Waals surface area contributed by atoms with Crippen LogP contribution in [0.4, 0.5) is 13.2 Å². The summed E-state index contributed by atoms with van der Waals surface area (Å²) in [5, 5.41) is 7.70. The Hall–Kier alpha value is -2.63. The molecule has 164 valence electrons. The quantitative estimate of drug-likeness (QED) is 0.694. The van der Waals surface area contributed by atoms with Gasteiger partial charge in [0.25, 0.3) is 5.91 Å². The van der Waals surface area contributed by atoms with E-state index in [0.29, 0.717) is 24.7 Å². The number of aryl methyl sites for hydroxylation is 1. The van der Waals surface area contributed by atoms with Crippen molar-refractivity contribution in [3.63, 3.8) is 0 Å². The molecule has 2 heterocycles. The van der Waals surface area contributed by atoms with Crippen LogP contribution in [0.5, 0.6) is 5.75 Å². The van der Waals surface area contributed by atoms with E-state index in [2.05, 4.69) is 10.2 Å². The summed E-state index contributed by atoms with van der Waals surface area (Å²) in [5.41, 5.74) is -0.253. The Bertz CT molecular complexity index is 1050. The topological polar surface area (TPSA) is 103 Å². The van der Waals surface area contributed by atoms with Gasteiger partial charge in [-0.25, -0.2) is 8.42 Å². The lowest BCUT2D eigenvalue weighted by Crippen LogP contribution is -2.33. The summed E-state index contributed by atoms with van der Waals surface area (Å²) in [7, 11) is -3.69. The van der Waals surface area contributed by atoms with Crippen molar-refractivity contribution in [2.75, 3.05) is 19.3 Å². The molecule has 12 heteroatoms. The Morgan fingerprint density at radius 1 is 1.33 bits per heavy atom. The first kappa shape index (κ1) is 22.1. The molecule has 1 aliphatic heterocycles. The van der Waals surface area contributed by atoms with E-state index >= 15 is 0 Å². The maximum Gasteiger partial charge on any atom is 0.425 e. The molecular formula is C18H20F3N3O5S. The standard InChI is InChI=1S/C18H20F3N3O5S/c1-10(18(19,20)21)28-15-5-4-13(30(3,26)27)8-14(15)17(25)24-7-6-12(9-24)16-23-22-11(2)29-16/h4-5,8,10,12H,6-7,9H2,1-3H3/t10-,12?/m0/s1. The van der Waals surface area contributed by atoms with Gasteiger partial charge in [-0.1, -0.05) is 0 Å². The second kappa shape index (κ2) is 7.89. The van der Waals surface area contributed by atoms with E-state index < -0.39 is 28.0 Å². The second-order valence-corrected chi connectivity index (χ2v) is 9.14. The van der Waals surface area contributed by atoms with Crippen LogP contribution in [-0.4, -0.2) is 61.0 Å². The van der Waals surface area contributed by atoms with Crippen molar-refractivity contribution in [2.45, 2.75) is 43.4 Å². The number of benzene rings is 1. The highest BCUT2D eigenvalue weighted by Crippen LogP contribution is 2.32. The Labute approximate surface area is 170 Å². The summed E-state index contributed by atoms with van der Waals surface area (Å²) in [6, 6.07) is 3.22. The second-order valence-electron chi connectivity index (χ2n) is 7.13. The molecule has 0 bridgehead atoms. The molecule has 8 nitrogen and oxygen atoms in total. The Morgan fingerprint density at radius 3 is 2.60 bits per heavy atom. The van der Waals surface area contributed by atoms with E-state index in [9.17, 15) is 26.4 Å². The molecule has 1 aromatic heterocycles. The average Bonchev–Trinajstić information content (AvgIpc) is 3.28. The van der Waals surface area contributed by atoms with Gasteiger partial charge >= 0.3 is 6.18 Å². The molecule has 3 rings (SSSR count). The minimum absolute atomic E-state index is 0.193. The summed E-state index contributed by atoms with van der Waals surface area (Å²) in [4.78, 5) is 14.3. The zero-order valence-corrected chi connectivity index (χ0v) is 17.2. The normalized spacial score (nSPS) is 18.5. The molecule has 0 radical (unpaired) electrons. The van der Waals surface area contributed by atoms with Gasteiger partial charge in [-0.05, 0) is 31.5 Å². The summed E-state index contributed by atoms with van der Waals surface area (Å²) < 4.78 is 72.9. The first-order valence-electron chi connectivity index (χ1n) is 9.03. The van der Waals surface area contributed by atoms with Gasteiger partial charge in [0.1, 0.15) is 5.75 Å². The van der Waals surface area contributed by atoms with Crippen LogP contribution < -0.4 is 4.74 Å². The van der Waals surface area contributed by atoms with E-state index in [1.165, 1.54) is 4.90 Å². The summed E-state index contributed by atoms with van der Waals surface area (Å²) in [5.74, 6) is -0.438. The summed E-state index contributed by atoms with van der Waals surface area (Å²) in [6.07, 6.45) is -5.36. The summed E-state index contributed by atoms with van der Waals surface area (Å²) >= 11 is 0. The average molecular weight is 447 g/mol. The van der Waals surface area contributed by atoms with Crippen LogP contribution in [0.1, 0.15) is 41.4 Å². The van der Waals surface area contributed by atoms with Gasteiger partial charge in [-0.15, -0.1) is 10.2 Å². The molecular weight excluding hydrogens is 427 g/mol. The van der Waals surface area contributed by atoms with E-state index in [-0.39, 0.29) is 28.7 Å². The molecule has 30 heavy (non-hydrogen) atoms. The highest BCUT2D eigenvalue weighted by atomic mass is 32.2. The number of sulfone groups is 1. The molecule has 1 aromatic carbocycles. The Kier molecular flexibility index (Phi) is 5.81. The van der Waals surface area contributed by atoms with Crippen molar-refractivity contribution >= 4 is 15.7 Å². The number of ether oxygens (including phenoxy) is 1. The van der Waals surface area contributed by atoms with Crippen molar-refractivity contribution in [1.29, 1.82) is 0 Å². The van der Waals surface area contributed by atoms with Gasteiger partial charge in [-0.2, -0.15) is 13.2 Å². The lowest BCUT2D eigenvalue weighted by molar-refractivity contribution is -0.189. The first-order chi connectivity index (χ1) is 13.9. The van der Waals surface area contributed by atoms with Crippen molar-refractivity contribution < 1.29 is 35.5 Å². The van der Waals surface area contributed by atoms with Gasteiger partial charge in [0, 0.05) is 26.3 Å². The molecule has 0 saturated carbocycles. The number of hydrogen-bond donors (Lipinski definition) is 0. The minimum Gasteiger partial charge on any atom is -0.480 e. The summed E-state index contributed by atoms with van der Waals surface area (Å²) in [6.45, 7) is 2.94. The third-order valence-corrected chi connectivity index (χ3v) is 5.85. The lowest BCUT2D eigenvalue weighted by Gasteiger charge is -2.22.